The standard InChI is InChI=1S/C6H6NO.3C4H9.Sn/c1-8-6-3-2-4-7-5-6;3*1-3-4-2;/h2-4H,1H3;3*1,3-4H2,2H3;/q4*-1;+4. The number of nitrogens with zero attached hydrogens (tertiary/aromatic N) is 1. The Bertz CT molecular complexity index is 214. The molecule has 0 unspecified atom stereocenters. The normalized spacial score (nSPS) is 7.57. The molecule has 0 N–H and O–H groups in total. The van der Waals surface area contributed by atoms with Gasteiger partial charge in [-0.15, -0.1) is 6.07 Å². The Kier molecular flexibility index (Phi) is 43.8. The number of ether oxygens (including phenoxy) is 1. The van der Waals surface area contributed by atoms with Gasteiger partial charge in [-0.05, 0) is 6.20 Å². The second-order valence-electron chi connectivity index (χ2n) is 3.88. The molecule has 0 saturated heterocycles. The Morgan fingerprint density at radius 3 is 1.52 bits per heavy atom. The van der Waals surface area contributed by atoms with Gasteiger partial charge in [0.1, 0.15) is 0 Å². The monoisotopic (exact) mass is 399 g/mol. The average Bonchev–Trinajstić information content (AvgIpc) is 2.56. The molecule has 0 fully saturated rings. The van der Waals surface area contributed by atoms with Crippen LogP contribution in [0.25, 0.3) is 0 Å². The van der Waals surface area contributed by atoms with Crippen LogP contribution in [0.15, 0.2) is 18.3 Å². The van der Waals surface area contributed by atoms with Crippen LogP contribution in [0.1, 0.15) is 59.3 Å². The van der Waals surface area contributed by atoms with Crippen LogP contribution < -0.4 is 4.74 Å². The van der Waals surface area contributed by atoms with E-state index in [0.29, 0.717) is 5.75 Å². The maximum absolute atomic E-state index is 4.80. The van der Waals surface area contributed by atoms with E-state index < -0.39 is 0 Å². The molecular weight excluding hydrogens is 365 g/mol. The van der Waals surface area contributed by atoms with E-state index in [1.165, 1.54) is 19.3 Å². The molecule has 0 aromatic carbocycles. The van der Waals surface area contributed by atoms with E-state index in [1.54, 1.807) is 25.4 Å². The summed E-state index contributed by atoms with van der Waals surface area (Å²) in [4.78, 5) is 3.71. The van der Waals surface area contributed by atoms with E-state index in [1.807, 2.05) is 0 Å². The van der Waals surface area contributed by atoms with Crippen LogP contribution in [-0.2, 0) is 0 Å². The quantitative estimate of drug-likeness (QED) is 0.503. The van der Waals surface area contributed by atoms with Gasteiger partial charge in [0.2, 0.25) is 0 Å². The minimum absolute atomic E-state index is 0. The first-order chi connectivity index (χ1) is 9.67. The summed E-state index contributed by atoms with van der Waals surface area (Å²) in [5.41, 5.74) is 0. The summed E-state index contributed by atoms with van der Waals surface area (Å²) in [5, 5.41) is 0. The van der Waals surface area contributed by atoms with Gasteiger partial charge >= 0.3 is 23.9 Å². The van der Waals surface area contributed by atoms with Gasteiger partial charge in [0.15, 0.2) is 0 Å². The van der Waals surface area contributed by atoms with E-state index in [4.69, 9.17) is 4.74 Å². The number of hydrogen-bond acceptors (Lipinski definition) is 2. The molecule has 0 amide bonds. The van der Waals surface area contributed by atoms with Crippen LogP contribution in [0.2, 0.25) is 0 Å². The second-order valence-corrected chi connectivity index (χ2v) is 3.88. The van der Waals surface area contributed by atoms with Crippen molar-refractivity contribution >= 4 is 23.9 Å². The van der Waals surface area contributed by atoms with Crippen LogP contribution in [0.4, 0.5) is 0 Å². The molecule has 2 nitrogen and oxygen atoms in total. The van der Waals surface area contributed by atoms with Crippen molar-refractivity contribution in [2.75, 3.05) is 7.11 Å². The van der Waals surface area contributed by atoms with Crippen LogP contribution in [-0.4, -0.2) is 36.0 Å². The minimum atomic E-state index is 0. The molecule has 0 saturated carbocycles. The van der Waals surface area contributed by atoms with Crippen molar-refractivity contribution in [1.82, 2.24) is 4.98 Å². The summed E-state index contributed by atoms with van der Waals surface area (Å²) in [5.74, 6) is 0.674. The van der Waals surface area contributed by atoms with E-state index in [9.17, 15) is 0 Å². The fraction of sp³-hybridized carbons (Fsp3) is 0.556. The largest absolute Gasteiger partial charge is 4.00 e. The SMILES string of the molecule is COc1[c-]nccc1.[CH2-]CCC.[CH2-]CCC.[CH2-]CCC.[Sn+4]. The maximum atomic E-state index is 4.80. The minimum Gasteiger partial charge on any atom is -0.521 e. The molecule has 0 spiro atoms. The van der Waals surface area contributed by atoms with Gasteiger partial charge in [-0.1, -0.05) is 46.2 Å². The zero-order valence-corrected chi connectivity index (χ0v) is 17.3. The van der Waals surface area contributed by atoms with E-state index in [-0.39, 0.29) is 23.9 Å². The van der Waals surface area contributed by atoms with Gasteiger partial charge in [-0.2, -0.15) is 25.3 Å². The molecule has 0 aliphatic carbocycles. The summed E-state index contributed by atoms with van der Waals surface area (Å²) >= 11 is 0. The molecule has 0 aliphatic heterocycles. The summed E-state index contributed by atoms with van der Waals surface area (Å²) in [6, 6.07) is 3.60. The molecule has 0 bridgehead atoms. The summed E-state index contributed by atoms with van der Waals surface area (Å²) < 4.78 is 4.80. The number of pyridine rings is 1. The smallest absolute Gasteiger partial charge is 0.521 e. The molecule has 0 aliphatic rings. The second kappa shape index (κ2) is 31.9. The van der Waals surface area contributed by atoms with E-state index in [2.05, 4.69) is 52.7 Å². The molecule has 1 heterocycles. The van der Waals surface area contributed by atoms with Crippen LogP contribution in [0.3, 0.4) is 0 Å². The first-order valence-electron chi connectivity index (χ1n) is 7.42. The molecule has 1 aromatic rings. The number of methoxy groups -OCH3 is 1. The molecule has 0 atom stereocenters. The molecule has 3 heteroatoms. The topological polar surface area (TPSA) is 22.1 Å². The van der Waals surface area contributed by atoms with Gasteiger partial charge in [0.05, 0.1) is 7.11 Å². The van der Waals surface area contributed by atoms with E-state index in [0.717, 1.165) is 19.3 Å². The molecule has 0 radical (unpaired) electrons. The van der Waals surface area contributed by atoms with Crippen molar-refractivity contribution in [2.45, 2.75) is 59.3 Å². The molecular formula is C18H33NOSn. The number of rotatable bonds is 4. The Morgan fingerprint density at radius 2 is 1.38 bits per heavy atom. The molecule has 120 valence electrons. The van der Waals surface area contributed by atoms with Crippen LogP contribution in [0.5, 0.6) is 5.75 Å². The van der Waals surface area contributed by atoms with Gasteiger partial charge < -0.3 is 30.5 Å². The molecule has 1 rings (SSSR count). The fourth-order valence-corrected chi connectivity index (χ4v) is 0.425. The first kappa shape index (κ1) is 28.8. The van der Waals surface area contributed by atoms with Crippen molar-refractivity contribution in [1.29, 1.82) is 0 Å². The van der Waals surface area contributed by atoms with Crippen molar-refractivity contribution in [2.24, 2.45) is 0 Å². The van der Waals surface area contributed by atoms with Crippen molar-refractivity contribution in [3.63, 3.8) is 0 Å². The Hall–Kier alpha value is -0.251. The zero-order valence-electron chi connectivity index (χ0n) is 14.5. The maximum Gasteiger partial charge on any atom is 4.00 e. The van der Waals surface area contributed by atoms with Gasteiger partial charge in [-0.3, -0.25) is 0 Å². The predicted octanol–water partition coefficient (Wildman–Crippen LogP) is 5.37. The Labute approximate surface area is 151 Å². The zero-order chi connectivity index (χ0) is 16.1. The third kappa shape index (κ3) is 38.3. The summed E-state index contributed by atoms with van der Waals surface area (Å²) in [6.45, 7) is 17.2. The molecule has 1 aromatic heterocycles. The summed E-state index contributed by atoms with van der Waals surface area (Å²) in [7, 11) is 1.59. The van der Waals surface area contributed by atoms with Gasteiger partial charge in [-0.25, -0.2) is 0 Å². The Balaban J connectivity index is -0.0000000973. The fourth-order valence-electron chi connectivity index (χ4n) is 0.425. The third-order valence-corrected chi connectivity index (χ3v) is 1.86. The number of unbranched alkanes of at least 4 members (excludes halogenated alkanes) is 3. The van der Waals surface area contributed by atoms with Gasteiger partial charge in [0, 0.05) is 5.75 Å². The Morgan fingerprint density at radius 1 is 1.00 bits per heavy atom. The van der Waals surface area contributed by atoms with Gasteiger partial charge in [0.25, 0.3) is 0 Å². The number of hydrogen-bond donors (Lipinski definition) is 0. The number of aromatic nitrogens is 1. The first-order valence-corrected chi connectivity index (χ1v) is 7.42. The van der Waals surface area contributed by atoms with Crippen LogP contribution in [0, 0.1) is 27.0 Å². The third-order valence-electron chi connectivity index (χ3n) is 1.86. The van der Waals surface area contributed by atoms with E-state index >= 15 is 0 Å². The van der Waals surface area contributed by atoms with Crippen LogP contribution >= 0.6 is 0 Å². The van der Waals surface area contributed by atoms with Crippen molar-refractivity contribution < 1.29 is 4.74 Å². The molecule has 21 heavy (non-hydrogen) atoms. The predicted molar refractivity (Wildman–Crippen MR) is 96.2 cm³/mol. The average molecular weight is 398 g/mol. The van der Waals surface area contributed by atoms with Crippen molar-refractivity contribution in [3.8, 4) is 5.75 Å². The summed E-state index contributed by atoms with van der Waals surface area (Å²) in [6.07, 6.45) is 11.1. The van der Waals surface area contributed by atoms with Crippen molar-refractivity contribution in [3.05, 3.63) is 45.3 Å².